The van der Waals surface area contributed by atoms with Gasteiger partial charge in [-0.1, -0.05) is 36.4 Å². The fourth-order valence-corrected chi connectivity index (χ4v) is 2.46. The molecule has 0 radical (unpaired) electrons. The second kappa shape index (κ2) is 7.49. The Kier molecular flexibility index (Phi) is 5.62. The lowest BCUT2D eigenvalue weighted by atomic mass is 10.2. The van der Waals surface area contributed by atoms with Gasteiger partial charge in [0.2, 0.25) is 5.91 Å². The zero-order chi connectivity index (χ0) is 17.7. The van der Waals surface area contributed by atoms with Crippen LogP contribution in [0.25, 0.3) is 0 Å². The van der Waals surface area contributed by atoms with Crippen LogP contribution in [-0.2, 0) is 21.2 Å². The van der Waals surface area contributed by atoms with Crippen LogP contribution >= 0.6 is 0 Å². The number of rotatable bonds is 6. The van der Waals surface area contributed by atoms with Gasteiger partial charge in [0.05, 0.1) is 5.69 Å². The Bertz CT molecular complexity index is 816. The van der Waals surface area contributed by atoms with Crippen molar-refractivity contribution >= 4 is 21.4 Å². The zero-order valence-electron chi connectivity index (χ0n) is 13.9. The summed E-state index contributed by atoms with van der Waals surface area (Å²) in [5, 5.41) is 1.51. The molecule has 0 aromatic heterocycles. The lowest BCUT2D eigenvalue weighted by molar-refractivity contribution is -0.115. The molecule has 2 aromatic rings. The van der Waals surface area contributed by atoms with E-state index in [0.29, 0.717) is 18.0 Å². The summed E-state index contributed by atoms with van der Waals surface area (Å²) in [7, 11) is -3.45. The number of anilines is 1. The van der Waals surface area contributed by atoms with E-state index in [1.807, 2.05) is 49.4 Å². The van der Waals surface area contributed by atoms with Crippen molar-refractivity contribution in [2.24, 2.45) is 0 Å². The minimum Gasteiger partial charge on any atom is -0.487 e. The molecule has 1 unspecified atom stereocenters. The third-order valence-corrected chi connectivity index (χ3v) is 5.14. The van der Waals surface area contributed by atoms with E-state index in [2.05, 4.69) is 5.32 Å². The lowest BCUT2D eigenvalue weighted by Crippen LogP contribution is -2.31. The predicted octanol–water partition coefficient (Wildman–Crippen LogP) is 2.95. The van der Waals surface area contributed by atoms with Crippen LogP contribution in [-0.4, -0.2) is 25.8 Å². The maximum absolute atomic E-state index is 12.1. The summed E-state index contributed by atoms with van der Waals surface area (Å²) in [6, 6.07) is 15.0. The molecular weight excluding hydrogens is 326 g/mol. The van der Waals surface area contributed by atoms with Crippen molar-refractivity contribution < 1.29 is 17.9 Å². The number of carbonyl (C=O) groups excluding carboxylic acids is 1. The largest absolute Gasteiger partial charge is 0.487 e. The van der Waals surface area contributed by atoms with E-state index in [1.165, 1.54) is 6.92 Å². The Labute approximate surface area is 142 Å². The Morgan fingerprint density at radius 1 is 1.17 bits per heavy atom. The van der Waals surface area contributed by atoms with E-state index in [1.54, 1.807) is 6.07 Å². The molecular formula is C18H21NO4S. The molecule has 128 valence electrons. The predicted molar refractivity (Wildman–Crippen MR) is 94.9 cm³/mol. The molecule has 6 heteroatoms. The molecule has 2 rings (SSSR count). The van der Waals surface area contributed by atoms with Crippen LogP contribution in [0.1, 0.15) is 18.1 Å². The van der Waals surface area contributed by atoms with Crippen LogP contribution < -0.4 is 10.1 Å². The highest BCUT2D eigenvalue weighted by Gasteiger charge is 2.24. The first-order valence-electron chi connectivity index (χ1n) is 7.54. The van der Waals surface area contributed by atoms with Crippen molar-refractivity contribution in [1.29, 1.82) is 0 Å². The Hall–Kier alpha value is -2.34. The molecule has 24 heavy (non-hydrogen) atoms. The fourth-order valence-electron chi connectivity index (χ4n) is 2.02. The third kappa shape index (κ3) is 4.83. The van der Waals surface area contributed by atoms with Gasteiger partial charge in [0.1, 0.15) is 17.6 Å². The number of ether oxygens (including phenoxy) is 1. The van der Waals surface area contributed by atoms with Crippen molar-refractivity contribution in [3.05, 3.63) is 59.7 Å². The number of aryl methyl sites for hydroxylation is 1. The quantitative estimate of drug-likeness (QED) is 0.872. The number of benzene rings is 2. The number of hydrogen-bond donors (Lipinski definition) is 1. The number of carbonyl (C=O) groups is 1. The van der Waals surface area contributed by atoms with E-state index < -0.39 is 21.0 Å². The van der Waals surface area contributed by atoms with Gasteiger partial charge in [0.15, 0.2) is 9.84 Å². The molecule has 0 saturated carbocycles. The van der Waals surface area contributed by atoms with Crippen LogP contribution in [0.3, 0.4) is 0 Å². The first-order chi connectivity index (χ1) is 11.3. The SMILES string of the molecule is Cc1ccc(NC(=O)C(C)S(C)(=O)=O)c(OCc2ccccc2)c1. The normalized spacial score (nSPS) is 12.5. The number of nitrogens with one attached hydrogen (secondary N) is 1. The van der Waals surface area contributed by atoms with Crippen molar-refractivity contribution in [3.8, 4) is 5.75 Å². The Morgan fingerprint density at radius 3 is 2.46 bits per heavy atom. The maximum Gasteiger partial charge on any atom is 0.242 e. The molecule has 0 bridgehead atoms. The number of hydrogen-bond acceptors (Lipinski definition) is 4. The average molecular weight is 347 g/mol. The van der Waals surface area contributed by atoms with Crippen molar-refractivity contribution in [1.82, 2.24) is 0 Å². The molecule has 0 spiro atoms. The van der Waals surface area contributed by atoms with Crippen LogP contribution in [0.2, 0.25) is 0 Å². The van der Waals surface area contributed by atoms with Crippen LogP contribution in [0.5, 0.6) is 5.75 Å². The molecule has 5 nitrogen and oxygen atoms in total. The Balaban J connectivity index is 2.17. The molecule has 2 aromatic carbocycles. The van der Waals surface area contributed by atoms with Gasteiger partial charge in [0, 0.05) is 6.26 Å². The minimum absolute atomic E-state index is 0.356. The van der Waals surface area contributed by atoms with E-state index >= 15 is 0 Å². The Morgan fingerprint density at radius 2 is 1.83 bits per heavy atom. The summed E-state index contributed by atoms with van der Waals surface area (Å²) in [4.78, 5) is 12.1. The van der Waals surface area contributed by atoms with Crippen LogP contribution in [0.15, 0.2) is 48.5 Å². The van der Waals surface area contributed by atoms with Crippen molar-refractivity contribution in [2.45, 2.75) is 25.7 Å². The van der Waals surface area contributed by atoms with Gasteiger partial charge in [-0.05, 0) is 37.1 Å². The molecule has 1 amide bonds. The highest BCUT2D eigenvalue weighted by Crippen LogP contribution is 2.27. The average Bonchev–Trinajstić information content (AvgIpc) is 2.54. The second-order valence-electron chi connectivity index (χ2n) is 5.73. The van der Waals surface area contributed by atoms with Gasteiger partial charge in [-0.3, -0.25) is 4.79 Å². The first kappa shape index (κ1) is 18.0. The summed E-state index contributed by atoms with van der Waals surface area (Å²) < 4.78 is 28.8. The summed E-state index contributed by atoms with van der Waals surface area (Å²) in [6.45, 7) is 3.64. The van der Waals surface area contributed by atoms with Crippen molar-refractivity contribution in [2.75, 3.05) is 11.6 Å². The van der Waals surface area contributed by atoms with Gasteiger partial charge < -0.3 is 10.1 Å². The molecule has 0 aliphatic rings. The summed E-state index contributed by atoms with van der Waals surface area (Å²) in [5.74, 6) is -0.0705. The zero-order valence-corrected chi connectivity index (χ0v) is 14.8. The van der Waals surface area contributed by atoms with E-state index in [-0.39, 0.29) is 0 Å². The van der Waals surface area contributed by atoms with Crippen LogP contribution in [0.4, 0.5) is 5.69 Å². The smallest absolute Gasteiger partial charge is 0.242 e. The molecule has 1 atom stereocenters. The van der Waals surface area contributed by atoms with E-state index in [0.717, 1.165) is 17.4 Å². The molecule has 0 fully saturated rings. The molecule has 0 heterocycles. The third-order valence-electron chi connectivity index (χ3n) is 3.64. The molecule has 1 N–H and O–H groups in total. The second-order valence-corrected chi connectivity index (χ2v) is 8.10. The van der Waals surface area contributed by atoms with E-state index in [4.69, 9.17) is 4.74 Å². The van der Waals surface area contributed by atoms with Gasteiger partial charge in [0.25, 0.3) is 0 Å². The monoisotopic (exact) mass is 347 g/mol. The van der Waals surface area contributed by atoms with Gasteiger partial charge in [-0.15, -0.1) is 0 Å². The topological polar surface area (TPSA) is 72.5 Å². The summed E-state index contributed by atoms with van der Waals surface area (Å²) >= 11 is 0. The lowest BCUT2D eigenvalue weighted by Gasteiger charge is -2.15. The summed E-state index contributed by atoms with van der Waals surface area (Å²) in [5.41, 5.74) is 2.44. The maximum atomic E-state index is 12.1. The van der Waals surface area contributed by atoms with Gasteiger partial charge >= 0.3 is 0 Å². The molecule has 0 saturated heterocycles. The van der Waals surface area contributed by atoms with Gasteiger partial charge in [-0.25, -0.2) is 8.42 Å². The van der Waals surface area contributed by atoms with E-state index in [9.17, 15) is 13.2 Å². The highest BCUT2D eigenvalue weighted by molar-refractivity contribution is 7.92. The molecule has 0 aliphatic heterocycles. The number of sulfone groups is 1. The molecule has 0 aliphatic carbocycles. The minimum atomic E-state index is -3.45. The fraction of sp³-hybridized carbons (Fsp3) is 0.278. The number of amides is 1. The van der Waals surface area contributed by atoms with Crippen LogP contribution in [0, 0.1) is 6.92 Å². The standard InChI is InChI=1S/C18H21NO4S/c1-13-9-10-16(19-18(20)14(2)24(3,21)22)17(11-13)23-12-15-7-5-4-6-8-15/h4-11,14H,12H2,1-3H3,(H,19,20). The highest BCUT2D eigenvalue weighted by atomic mass is 32.2. The first-order valence-corrected chi connectivity index (χ1v) is 9.50. The van der Waals surface area contributed by atoms with Gasteiger partial charge in [-0.2, -0.15) is 0 Å². The van der Waals surface area contributed by atoms with Crippen molar-refractivity contribution in [3.63, 3.8) is 0 Å². The summed E-state index contributed by atoms with van der Waals surface area (Å²) in [6.07, 6.45) is 1.04.